The Morgan fingerprint density at radius 2 is 1.60 bits per heavy atom. The summed E-state index contributed by atoms with van der Waals surface area (Å²) in [6, 6.07) is 11.6. The minimum atomic E-state index is -0.771. The number of ether oxygens (including phenoxy) is 1. The van der Waals surface area contributed by atoms with Gasteiger partial charge in [-0.1, -0.05) is 79.2 Å². The molecular weight excluding hydrogens is 668 g/mol. The lowest BCUT2D eigenvalue weighted by molar-refractivity contribution is -0.246. The standard InChI is InChI=1S/C45H63FN2O5/c1-9-20-45(40(52)48-26-29-12-10-13-30(25-29)38(50)47-27-31-14-11-15-32(37(31)46)39(51)53-8)24-23-43(6)33(28(45)2)16-17-35-42(5)21-19-36(49)41(3,4)34(42)18-22-44(35,43)7/h10-15,25,28,33-36,49H,9,16-24,26-27H2,1-8H3,(H,47,50)(H,48,52)/t28?,33?,34?,35?,36?,42?,43-,44?,45?/m1/s1. The number of hydrogen-bond donors (Lipinski definition) is 3. The van der Waals surface area contributed by atoms with Crippen molar-refractivity contribution in [2.75, 3.05) is 7.11 Å². The van der Waals surface area contributed by atoms with Crippen molar-refractivity contribution >= 4 is 17.8 Å². The van der Waals surface area contributed by atoms with Crippen molar-refractivity contribution in [3.63, 3.8) is 0 Å². The predicted molar refractivity (Wildman–Crippen MR) is 205 cm³/mol. The van der Waals surface area contributed by atoms with E-state index in [2.05, 4.69) is 63.8 Å². The van der Waals surface area contributed by atoms with Crippen molar-refractivity contribution in [1.29, 1.82) is 0 Å². The molecule has 0 saturated heterocycles. The van der Waals surface area contributed by atoms with Gasteiger partial charge in [0.05, 0.1) is 24.2 Å². The van der Waals surface area contributed by atoms with E-state index in [1.165, 1.54) is 38.5 Å². The molecule has 8 heteroatoms. The quantitative estimate of drug-likeness (QED) is 0.224. The van der Waals surface area contributed by atoms with E-state index in [0.717, 1.165) is 50.5 Å². The van der Waals surface area contributed by atoms with Gasteiger partial charge in [-0.3, -0.25) is 9.59 Å². The molecular formula is C45H63FN2O5. The van der Waals surface area contributed by atoms with Crippen molar-refractivity contribution in [1.82, 2.24) is 10.6 Å². The number of hydrogen-bond acceptors (Lipinski definition) is 5. The summed E-state index contributed by atoms with van der Waals surface area (Å²) < 4.78 is 19.5. The highest BCUT2D eigenvalue weighted by Crippen LogP contribution is 2.75. The van der Waals surface area contributed by atoms with Crippen LogP contribution in [0.2, 0.25) is 0 Å². The first-order chi connectivity index (χ1) is 25.0. The average molecular weight is 731 g/mol. The molecule has 0 aliphatic heterocycles. The van der Waals surface area contributed by atoms with Gasteiger partial charge in [0.2, 0.25) is 5.91 Å². The molecule has 6 rings (SSSR count). The van der Waals surface area contributed by atoms with Gasteiger partial charge in [0, 0.05) is 24.2 Å². The van der Waals surface area contributed by atoms with Gasteiger partial charge in [-0.05, 0) is 127 Å². The molecule has 9 atom stereocenters. The molecule has 4 saturated carbocycles. The first-order valence-corrected chi connectivity index (χ1v) is 20.2. The summed E-state index contributed by atoms with van der Waals surface area (Å²) in [4.78, 5) is 39.5. The minimum Gasteiger partial charge on any atom is -0.465 e. The maximum atomic E-state index is 14.9. The summed E-state index contributed by atoms with van der Waals surface area (Å²) in [5.41, 5.74) is 1.29. The molecule has 4 aliphatic carbocycles. The van der Waals surface area contributed by atoms with Crippen LogP contribution in [0.5, 0.6) is 0 Å². The fourth-order valence-corrected chi connectivity index (χ4v) is 13.0. The Balaban J connectivity index is 1.14. The molecule has 0 spiro atoms. The number of carbonyl (C=O) groups excluding carboxylic acids is 3. The van der Waals surface area contributed by atoms with Gasteiger partial charge in [-0.25, -0.2) is 9.18 Å². The van der Waals surface area contributed by atoms with Gasteiger partial charge < -0.3 is 20.5 Å². The number of esters is 1. The fourth-order valence-electron chi connectivity index (χ4n) is 13.0. The molecule has 8 unspecified atom stereocenters. The molecule has 2 aromatic carbocycles. The number of aliphatic hydroxyl groups is 1. The first kappa shape index (κ1) is 39.4. The molecule has 0 aromatic heterocycles. The van der Waals surface area contributed by atoms with Crippen LogP contribution in [0, 0.1) is 56.6 Å². The van der Waals surface area contributed by atoms with Crippen LogP contribution in [0.15, 0.2) is 42.5 Å². The molecule has 2 amide bonds. The van der Waals surface area contributed by atoms with E-state index in [-0.39, 0.29) is 63.2 Å². The molecule has 2 aromatic rings. The second-order valence-corrected chi connectivity index (χ2v) is 18.6. The summed E-state index contributed by atoms with van der Waals surface area (Å²) in [7, 11) is 1.20. The second kappa shape index (κ2) is 14.4. The number of fused-ring (bicyclic) bond motifs is 5. The highest BCUT2D eigenvalue weighted by atomic mass is 19.1. The molecule has 3 N–H and O–H groups in total. The van der Waals surface area contributed by atoms with Crippen LogP contribution < -0.4 is 10.6 Å². The zero-order valence-corrected chi connectivity index (χ0v) is 33.4. The number of amides is 2. The molecule has 0 heterocycles. The third kappa shape index (κ3) is 6.33. The Morgan fingerprint density at radius 1 is 0.868 bits per heavy atom. The van der Waals surface area contributed by atoms with Crippen molar-refractivity contribution in [3.8, 4) is 0 Å². The Labute approximate surface area is 316 Å². The molecule has 0 radical (unpaired) electrons. The van der Waals surface area contributed by atoms with Crippen LogP contribution in [0.25, 0.3) is 0 Å². The molecule has 4 fully saturated rings. The van der Waals surface area contributed by atoms with Crippen molar-refractivity contribution in [3.05, 3.63) is 70.5 Å². The molecule has 7 nitrogen and oxygen atoms in total. The summed E-state index contributed by atoms with van der Waals surface area (Å²) in [6.07, 6.45) is 10.2. The topological polar surface area (TPSA) is 105 Å². The number of rotatable bonds is 9. The smallest absolute Gasteiger partial charge is 0.340 e. The molecule has 290 valence electrons. The Kier molecular flexibility index (Phi) is 10.7. The second-order valence-electron chi connectivity index (χ2n) is 18.6. The first-order valence-electron chi connectivity index (χ1n) is 20.2. The maximum absolute atomic E-state index is 14.9. The predicted octanol–water partition coefficient (Wildman–Crippen LogP) is 9.01. The lowest BCUT2D eigenvalue weighted by atomic mass is 9.32. The van der Waals surface area contributed by atoms with E-state index in [1.807, 2.05) is 6.07 Å². The van der Waals surface area contributed by atoms with Gasteiger partial charge in [0.15, 0.2) is 0 Å². The van der Waals surface area contributed by atoms with Crippen LogP contribution in [-0.4, -0.2) is 36.1 Å². The molecule has 53 heavy (non-hydrogen) atoms. The number of halogens is 1. The van der Waals surface area contributed by atoms with Crippen LogP contribution >= 0.6 is 0 Å². The zero-order valence-electron chi connectivity index (χ0n) is 33.4. The third-order valence-electron chi connectivity index (χ3n) is 16.2. The number of carbonyl (C=O) groups is 3. The SMILES string of the molecule is CCCC1(C(=O)NCc2cccc(C(=O)NCc3cccc(C(=O)OC)c3F)c2)CC[C@]2(C)C(CCC3C4(C)CCC(O)C(C)(C)C4CCC32C)C1C. The zero-order chi connectivity index (χ0) is 38.6. The van der Waals surface area contributed by atoms with Gasteiger partial charge in [-0.15, -0.1) is 0 Å². The highest BCUT2D eigenvalue weighted by Gasteiger charge is 2.69. The number of methoxy groups -OCH3 is 1. The third-order valence-corrected chi connectivity index (χ3v) is 16.2. The fraction of sp³-hybridized carbons (Fsp3) is 0.667. The Hall–Kier alpha value is -3.26. The minimum absolute atomic E-state index is 0.0669. The summed E-state index contributed by atoms with van der Waals surface area (Å²) in [5.74, 6) is 0.112. The number of benzene rings is 2. The lowest BCUT2D eigenvalue weighted by Crippen LogP contribution is -2.67. The van der Waals surface area contributed by atoms with Crippen molar-refractivity contribution in [2.45, 2.75) is 132 Å². The van der Waals surface area contributed by atoms with Crippen LogP contribution in [0.4, 0.5) is 4.39 Å². The van der Waals surface area contributed by atoms with E-state index >= 15 is 0 Å². The summed E-state index contributed by atoms with van der Waals surface area (Å²) in [5, 5.41) is 17.1. The van der Waals surface area contributed by atoms with E-state index in [4.69, 9.17) is 0 Å². The number of nitrogens with one attached hydrogen (secondary N) is 2. The molecule has 0 bridgehead atoms. The Bertz CT molecular complexity index is 1730. The maximum Gasteiger partial charge on any atom is 0.340 e. The van der Waals surface area contributed by atoms with E-state index in [9.17, 15) is 23.9 Å². The summed E-state index contributed by atoms with van der Waals surface area (Å²) in [6.45, 7) is 17.1. The molecule has 4 aliphatic rings. The van der Waals surface area contributed by atoms with Gasteiger partial charge >= 0.3 is 5.97 Å². The monoisotopic (exact) mass is 730 g/mol. The van der Waals surface area contributed by atoms with E-state index in [0.29, 0.717) is 29.9 Å². The highest BCUT2D eigenvalue weighted by molar-refractivity contribution is 5.94. The average Bonchev–Trinajstić information content (AvgIpc) is 3.13. The lowest BCUT2D eigenvalue weighted by Gasteiger charge is -2.72. The number of aliphatic hydroxyl groups excluding tert-OH is 1. The van der Waals surface area contributed by atoms with Gasteiger partial charge in [-0.2, -0.15) is 0 Å². The van der Waals surface area contributed by atoms with Crippen LogP contribution in [0.1, 0.15) is 145 Å². The van der Waals surface area contributed by atoms with E-state index < -0.39 is 17.2 Å². The van der Waals surface area contributed by atoms with Crippen molar-refractivity contribution in [2.24, 2.45) is 50.7 Å². The van der Waals surface area contributed by atoms with Crippen LogP contribution in [0.3, 0.4) is 0 Å². The van der Waals surface area contributed by atoms with Gasteiger partial charge in [0.1, 0.15) is 5.82 Å². The Morgan fingerprint density at radius 3 is 2.32 bits per heavy atom. The van der Waals surface area contributed by atoms with Gasteiger partial charge in [0.25, 0.3) is 5.91 Å². The van der Waals surface area contributed by atoms with Crippen molar-refractivity contribution < 1.29 is 28.6 Å². The normalized spacial score (nSPS) is 35.9. The summed E-state index contributed by atoms with van der Waals surface area (Å²) >= 11 is 0. The van der Waals surface area contributed by atoms with Crippen LogP contribution in [-0.2, 0) is 22.6 Å². The van der Waals surface area contributed by atoms with E-state index in [1.54, 1.807) is 24.3 Å². The largest absolute Gasteiger partial charge is 0.465 e.